The monoisotopic (exact) mass is 346 g/mol. The molecule has 6 nitrogen and oxygen atoms in total. The molecule has 0 aliphatic carbocycles. The highest BCUT2D eigenvalue weighted by Crippen LogP contribution is 2.25. The molecule has 3 rings (SSSR count). The van der Waals surface area contributed by atoms with Crippen LogP contribution in [-0.4, -0.2) is 45.3 Å². The minimum Gasteiger partial charge on any atom is -0.395 e. The summed E-state index contributed by atoms with van der Waals surface area (Å²) >= 11 is 1.31. The second kappa shape index (κ2) is 7.83. The van der Waals surface area contributed by atoms with Gasteiger partial charge in [-0.1, -0.05) is 36.5 Å². The molecule has 1 amide bonds. The van der Waals surface area contributed by atoms with Crippen LogP contribution in [0, 0.1) is 5.92 Å². The van der Waals surface area contributed by atoms with Crippen LogP contribution in [0.25, 0.3) is 0 Å². The van der Waals surface area contributed by atoms with Crippen molar-refractivity contribution in [1.82, 2.24) is 15.1 Å². The van der Waals surface area contributed by atoms with Crippen molar-refractivity contribution in [2.45, 2.75) is 32.4 Å². The number of amides is 1. The number of likely N-dealkylation sites (tertiary alicyclic amines) is 1. The summed E-state index contributed by atoms with van der Waals surface area (Å²) in [4.78, 5) is 14.5. The lowest BCUT2D eigenvalue weighted by atomic mass is 9.91. The Kier molecular flexibility index (Phi) is 5.55. The molecule has 0 unspecified atom stereocenters. The van der Waals surface area contributed by atoms with E-state index in [1.54, 1.807) is 0 Å². The smallest absolute Gasteiger partial charge is 0.286 e. The number of aliphatic hydroxyl groups excluding tert-OH is 1. The number of anilines is 1. The van der Waals surface area contributed by atoms with Crippen molar-refractivity contribution in [3.8, 4) is 0 Å². The van der Waals surface area contributed by atoms with Crippen LogP contribution in [0.4, 0.5) is 5.69 Å². The average molecular weight is 346 g/mol. The van der Waals surface area contributed by atoms with Gasteiger partial charge in [0.05, 0.1) is 13.2 Å². The SMILES string of the molecule is C[C@H]1CCCN(Cc2nnc(C(=O)Nc3ccccc3)s2)[C@H]1CO. The lowest BCUT2D eigenvalue weighted by Gasteiger charge is -2.38. The Morgan fingerprint density at radius 2 is 2.17 bits per heavy atom. The van der Waals surface area contributed by atoms with E-state index in [0.29, 0.717) is 17.5 Å². The van der Waals surface area contributed by atoms with Crippen LogP contribution in [0.2, 0.25) is 0 Å². The van der Waals surface area contributed by atoms with Gasteiger partial charge in [-0.05, 0) is 37.4 Å². The van der Waals surface area contributed by atoms with E-state index in [4.69, 9.17) is 0 Å². The van der Waals surface area contributed by atoms with Crippen LogP contribution in [0.1, 0.15) is 34.6 Å². The van der Waals surface area contributed by atoms with Gasteiger partial charge >= 0.3 is 0 Å². The molecular weight excluding hydrogens is 324 g/mol. The third kappa shape index (κ3) is 3.98. The molecule has 1 aliphatic rings. The van der Waals surface area contributed by atoms with E-state index in [2.05, 4.69) is 27.3 Å². The number of carbonyl (C=O) groups is 1. The Morgan fingerprint density at radius 1 is 1.38 bits per heavy atom. The summed E-state index contributed by atoms with van der Waals surface area (Å²) in [7, 11) is 0. The molecule has 2 aromatic rings. The molecule has 128 valence electrons. The summed E-state index contributed by atoms with van der Waals surface area (Å²) < 4.78 is 0. The number of nitrogens with zero attached hydrogens (tertiary/aromatic N) is 3. The number of rotatable bonds is 5. The fraction of sp³-hybridized carbons (Fsp3) is 0.471. The summed E-state index contributed by atoms with van der Waals surface area (Å²) in [5.74, 6) is 0.230. The summed E-state index contributed by atoms with van der Waals surface area (Å²) in [5.41, 5.74) is 0.740. The van der Waals surface area contributed by atoms with Crippen LogP contribution in [0.15, 0.2) is 30.3 Å². The Hall–Kier alpha value is -1.83. The minimum atomic E-state index is -0.240. The van der Waals surface area contributed by atoms with Crippen molar-refractivity contribution < 1.29 is 9.90 Å². The van der Waals surface area contributed by atoms with Crippen molar-refractivity contribution in [2.75, 3.05) is 18.5 Å². The summed E-state index contributed by atoms with van der Waals surface area (Å²) in [5, 5.41) is 21.8. The molecule has 0 radical (unpaired) electrons. The first kappa shape index (κ1) is 17.0. The topological polar surface area (TPSA) is 78.4 Å². The molecule has 1 saturated heterocycles. The maximum absolute atomic E-state index is 12.2. The van der Waals surface area contributed by atoms with Crippen LogP contribution in [0.3, 0.4) is 0 Å². The summed E-state index contributed by atoms with van der Waals surface area (Å²) in [6.07, 6.45) is 2.26. The van der Waals surface area contributed by atoms with Gasteiger partial charge < -0.3 is 10.4 Å². The largest absolute Gasteiger partial charge is 0.395 e. The lowest BCUT2D eigenvalue weighted by Crippen LogP contribution is -2.45. The second-order valence-electron chi connectivity index (χ2n) is 6.16. The number of carbonyl (C=O) groups excluding carboxylic acids is 1. The van der Waals surface area contributed by atoms with Crippen molar-refractivity contribution in [2.24, 2.45) is 5.92 Å². The highest BCUT2D eigenvalue weighted by Gasteiger charge is 2.28. The van der Waals surface area contributed by atoms with Gasteiger partial charge in [-0.3, -0.25) is 9.69 Å². The van der Waals surface area contributed by atoms with Gasteiger partial charge in [-0.25, -0.2) is 0 Å². The predicted molar refractivity (Wildman–Crippen MR) is 94.0 cm³/mol. The zero-order chi connectivity index (χ0) is 16.9. The van der Waals surface area contributed by atoms with Gasteiger partial charge in [0.15, 0.2) is 0 Å². The van der Waals surface area contributed by atoms with Gasteiger partial charge in [0.25, 0.3) is 5.91 Å². The fourth-order valence-corrected chi connectivity index (χ4v) is 3.88. The van der Waals surface area contributed by atoms with Crippen molar-refractivity contribution in [1.29, 1.82) is 0 Å². The molecule has 1 aromatic carbocycles. The molecule has 24 heavy (non-hydrogen) atoms. The number of nitrogens with one attached hydrogen (secondary N) is 1. The van der Waals surface area contributed by atoms with Crippen LogP contribution in [0.5, 0.6) is 0 Å². The standard InChI is InChI=1S/C17H22N4O2S/c1-12-6-5-9-21(14(12)11-22)10-15-19-20-17(24-15)16(23)18-13-7-3-2-4-8-13/h2-4,7-8,12,14,22H,5-6,9-11H2,1H3,(H,18,23)/t12-,14-/m0/s1. The number of aromatic nitrogens is 2. The van der Waals surface area contributed by atoms with Gasteiger partial charge in [-0.2, -0.15) is 0 Å². The molecule has 0 bridgehead atoms. The Bertz CT molecular complexity index is 676. The number of piperidine rings is 1. The molecule has 2 heterocycles. The molecule has 2 atom stereocenters. The van der Waals surface area contributed by atoms with Crippen molar-refractivity contribution >= 4 is 22.9 Å². The molecule has 2 N–H and O–H groups in total. The molecule has 1 aliphatic heterocycles. The van der Waals surface area contributed by atoms with Gasteiger partial charge in [0, 0.05) is 11.7 Å². The lowest BCUT2D eigenvalue weighted by molar-refractivity contribution is 0.0471. The van der Waals surface area contributed by atoms with E-state index >= 15 is 0 Å². The highest BCUT2D eigenvalue weighted by molar-refractivity contribution is 7.13. The molecule has 7 heteroatoms. The quantitative estimate of drug-likeness (QED) is 0.869. The number of benzene rings is 1. The number of hydrogen-bond donors (Lipinski definition) is 2. The Labute approximate surface area is 145 Å². The van der Waals surface area contributed by atoms with Crippen molar-refractivity contribution in [3.05, 3.63) is 40.3 Å². The minimum absolute atomic E-state index is 0.154. The third-order valence-electron chi connectivity index (χ3n) is 4.45. The first-order chi connectivity index (χ1) is 11.7. The number of aliphatic hydroxyl groups is 1. The van der Waals surface area contributed by atoms with E-state index in [9.17, 15) is 9.90 Å². The fourth-order valence-electron chi connectivity index (χ4n) is 3.12. The van der Waals surface area contributed by atoms with Gasteiger partial charge in [0.2, 0.25) is 5.01 Å². The maximum atomic E-state index is 12.2. The second-order valence-corrected chi connectivity index (χ2v) is 7.22. The Morgan fingerprint density at radius 3 is 2.92 bits per heavy atom. The third-order valence-corrected chi connectivity index (χ3v) is 5.36. The maximum Gasteiger partial charge on any atom is 0.286 e. The van der Waals surface area contributed by atoms with E-state index in [-0.39, 0.29) is 18.6 Å². The molecular formula is C17H22N4O2S. The molecule has 0 spiro atoms. The van der Waals surface area contributed by atoms with E-state index in [1.165, 1.54) is 11.3 Å². The Balaban J connectivity index is 1.63. The number of hydrogen-bond acceptors (Lipinski definition) is 6. The zero-order valence-electron chi connectivity index (χ0n) is 13.7. The first-order valence-corrected chi connectivity index (χ1v) is 9.02. The van der Waals surface area contributed by atoms with Gasteiger partial charge in [-0.15, -0.1) is 10.2 Å². The zero-order valence-corrected chi connectivity index (χ0v) is 14.5. The van der Waals surface area contributed by atoms with Gasteiger partial charge in [0.1, 0.15) is 5.01 Å². The van der Waals surface area contributed by atoms with Crippen molar-refractivity contribution in [3.63, 3.8) is 0 Å². The van der Waals surface area contributed by atoms with E-state index in [0.717, 1.165) is 30.1 Å². The van der Waals surface area contributed by atoms with E-state index in [1.807, 2.05) is 30.3 Å². The van der Waals surface area contributed by atoms with Crippen LogP contribution >= 0.6 is 11.3 Å². The first-order valence-electron chi connectivity index (χ1n) is 8.21. The van der Waals surface area contributed by atoms with Crippen LogP contribution < -0.4 is 5.32 Å². The summed E-state index contributed by atoms with van der Waals surface area (Å²) in [6, 6.07) is 9.46. The highest BCUT2D eigenvalue weighted by atomic mass is 32.1. The molecule has 1 aromatic heterocycles. The molecule has 0 saturated carbocycles. The predicted octanol–water partition coefficient (Wildman–Crippen LogP) is 2.38. The number of para-hydroxylation sites is 1. The normalized spacial score (nSPS) is 21.6. The van der Waals surface area contributed by atoms with Crippen LogP contribution in [-0.2, 0) is 6.54 Å². The summed E-state index contributed by atoms with van der Waals surface area (Å²) in [6.45, 7) is 3.90. The average Bonchev–Trinajstić information content (AvgIpc) is 3.05. The molecule has 1 fully saturated rings. The van der Waals surface area contributed by atoms with E-state index < -0.39 is 0 Å².